The number of carbonyl (C=O) groups is 2. The SMILES string of the molecule is O=C(O)c1ccccc1C(=O)OCc1ccc(OCCC[18F])c(Br)c1. The monoisotopic (exact) mass is 409 g/mol. The lowest BCUT2D eigenvalue weighted by molar-refractivity contribution is 0.0463. The Bertz CT molecular complexity index is 763. The second-order valence-corrected chi connectivity index (χ2v) is 5.94. The third-order valence-electron chi connectivity index (χ3n) is 3.28. The molecule has 0 fully saturated rings. The first-order chi connectivity index (χ1) is 12.0. The fourth-order valence-electron chi connectivity index (χ4n) is 2.06. The standard InChI is InChI=1S/C18H16BrFO5/c19-15-10-12(6-7-16(15)24-9-3-8-20)11-25-18(23)14-5-2-1-4-13(14)17(21)22/h1-2,4-7,10H,3,8-9,11H2,(H,21,22)/i20-1. The van der Waals surface area contributed by atoms with Crippen molar-refractivity contribution in [3.63, 3.8) is 0 Å². The molecule has 2 aromatic carbocycles. The van der Waals surface area contributed by atoms with Crippen molar-refractivity contribution in [1.29, 1.82) is 0 Å². The predicted molar refractivity (Wildman–Crippen MR) is 92.7 cm³/mol. The van der Waals surface area contributed by atoms with Crippen LogP contribution in [0.3, 0.4) is 0 Å². The van der Waals surface area contributed by atoms with Crippen molar-refractivity contribution in [3.05, 3.63) is 63.6 Å². The zero-order valence-electron chi connectivity index (χ0n) is 13.2. The molecule has 0 spiro atoms. The Hall–Kier alpha value is -2.41. The summed E-state index contributed by atoms with van der Waals surface area (Å²) in [6.07, 6.45) is 0.314. The van der Waals surface area contributed by atoms with E-state index in [-0.39, 0.29) is 24.3 Å². The number of rotatable bonds is 8. The number of hydrogen-bond donors (Lipinski definition) is 1. The highest BCUT2D eigenvalue weighted by Gasteiger charge is 2.17. The highest BCUT2D eigenvalue weighted by molar-refractivity contribution is 9.10. The van der Waals surface area contributed by atoms with Crippen molar-refractivity contribution < 1.29 is 28.6 Å². The van der Waals surface area contributed by atoms with Gasteiger partial charge in [0.15, 0.2) is 0 Å². The molecule has 0 aromatic heterocycles. The summed E-state index contributed by atoms with van der Waals surface area (Å²) in [6, 6.07) is 11.0. The number of carbonyl (C=O) groups excluding carboxylic acids is 1. The van der Waals surface area contributed by atoms with Gasteiger partial charge in [-0.2, -0.15) is 0 Å². The number of carboxylic acid groups (broad SMARTS) is 1. The molecule has 0 heterocycles. The second-order valence-electron chi connectivity index (χ2n) is 5.08. The van der Waals surface area contributed by atoms with Gasteiger partial charge in [-0.25, -0.2) is 9.59 Å². The van der Waals surface area contributed by atoms with E-state index in [2.05, 4.69) is 15.9 Å². The first kappa shape index (κ1) is 18.9. The Labute approximate surface area is 152 Å². The van der Waals surface area contributed by atoms with E-state index < -0.39 is 18.6 Å². The van der Waals surface area contributed by atoms with Crippen molar-refractivity contribution in [2.24, 2.45) is 0 Å². The number of aromatic carboxylic acids is 1. The second kappa shape index (κ2) is 9.17. The molecule has 0 atom stereocenters. The van der Waals surface area contributed by atoms with E-state index in [1.807, 2.05) is 0 Å². The number of halogens is 2. The Balaban J connectivity index is 2.00. The van der Waals surface area contributed by atoms with Gasteiger partial charge in [-0.1, -0.05) is 18.2 Å². The minimum atomic E-state index is -1.19. The first-order valence-corrected chi connectivity index (χ1v) is 8.29. The van der Waals surface area contributed by atoms with E-state index in [4.69, 9.17) is 14.6 Å². The number of carboxylic acids is 1. The van der Waals surface area contributed by atoms with Crippen LogP contribution in [-0.4, -0.2) is 30.3 Å². The van der Waals surface area contributed by atoms with Gasteiger partial charge in [0.05, 0.1) is 28.9 Å². The van der Waals surface area contributed by atoms with Crippen LogP contribution in [0.2, 0.25) is 0 Å². The molecule has 132 valence electrons. The fraction of sp³-hybridized carbons (Fsp3) is 0.222. The molecule has 0 aliphatic heterocycles. The lowest BCUT2D eigenvalue weighted by atomic mass is 10.1. The molecule has 0 unspecified atom stereocenters. The van der Waals surface area contributed by atoms with Gasteiger partial charge in [-0.05, 0) is 45.8 Å². The van der Waals surface area contributed by atoms with E-state index in [1.54, 1.807) is 30.3 Å². The van der Waals surface area contributed by atoms with Gasteiger partial charge in [-0.3, -0.25) is 4.39 Å². The molecule has 0 aliphatic rings. The molecule has 2 aromatic rings. The molecule has 1 N–H and O–H groups in total. The number of hydrogen-bond acceptors (Lipinski definition) is 4. The van der Waals surface area contributed by atoms with Crippen LogP contribution in [-0.2, 0) is 11.3 Å². The molecule has 7 heteroatoms. The number of alkyl halides is 1. The van der Waals surface area contributed by atoms with E-state index in [1.165, 1.54) is 12.1 Å². The van der Waals surface area contributed by atoms with Crippen LogP contribution in [0, 0.1) is 0 Å². The number of benzene rings is 2. The molecule has 5 nitrogen and oxygen atoms in total. The van der Waals surface area contributed by atoms with Crippen LogP contribution in [0.15, 0.2) is 46.9 Å². The zero-order chi connectivity index (χ0) is 18.2. The lowest BCUT2D eigenvalue weighted by Gasteiger charge is -2.10. The molecule has 0 amide bonds. The minimum absolute atomic E-state index is 0.000224. The Morgan fingerprint density at radius 2 is 1.84 bits per heavy atom. The average Bonchev–Trinajstić information content (AvgIpc) is 2.61. The van der Waals surface area contributed by atoms with E-state index in [0.29, 0.717) is 22.2 Å². The third kappa shape index (κ3) is 5.29. The largest absolute Gasteiger partial charge is 0.492 e. The molecule has 0 radical (unpaired) electrons. The summed E-state index contributed by atoms with van der Waals surface area (Å²) in [5.41, 5.74) is 0.594. The Morgan fingerprint density at radius 1 is 1.12 bits per heavy atom. The third-order valence-corrected chi connectivity index (χ3v) is 3.90. The van der Waals surface area contributed by atoms with Crippen molar-refractivity contribution in [2.75, 3.05) is 13.3 Å². The maximum atomic E-state index is 12.1. The van der Waals surface area contributed by atoms with Gasteiger partial charge < -0.3 is 14.6 Å². The molecule has 0 bridgehead atoms. The smallest absolute Gasteiger partial charge is 0.339 e. The molecule has 2 rings (SSSR count). The number of esters is 1. The summed E-state index contributed by atoms with van der Waals surface area (Å²) in [6.45, 7) is -0.185. The maximum Gasteiger partial charge on any atom is 0.339 e. The van der Waals surface area contributed by atoms with Crippen molar-refractivity contribution in [2.45, 2.75) is 13.0 Å². The summed E-state index contributed by atoms with van der Waals surface area (Å²) in [5.74, 6) is -1.33. The summed E-state index contributed by atoms with van der Waals surface area (Å²) in [4.78, 5) is 23.3. The lowest BCUT2D eigenvalue weighted by Crippen LogP contribution is -2.11. The van der Waals surface area contributed by atoms with Crippen molar-refractivity contribution >= 4 is 27.9 Å². The van der Waals surface area contributed by atoms with Crippen LogP contribution in [0.4, 0.5) is 4.39 Å². The van der Waals surface area contributed by atoms with E-state index in [0.717, 1.165) is 0 Å². The highest BCUT2D eigenvalue weighted by atomic mass is 79.9. The van der Waals surface area contributed by atoms with Gasteiger partial charge >= 0.3 is 11.9 Å². The van der Waals surface area contributed by atoms with Gasteiger partial charge in [0, 0.05) is 6.42 Å². The maximum absolute atomic E-state index is 12.1. The normalized spacial score (nSPS) is 10.3. The van der Waals surface area contributed by atoms with E-state index in [9.17, 15) is 14.0 Å². The predicted octanol–water partition coefficient (Wildman–Crippen LogP) is 4.24. The zero-order valence-corrected chi connectivity index (χ0v) is 14.8. The topological polar surface area (TPSA) is 72.8 Å². The summed E-state index contributed by atoms with van der Waals surface area (Å²) in [7, 11) is 0. The van der Waals surface area contributed by atoms with Gasteiger partial charge in [0.1, 0.15) is 12.4 Å². The van der Waals surface area contributed by atoms with Crippen LogP contribution >= 0.6 is 15.9 Å². The van der Waals surface area contributed by atoms with Gasteiger partial charge in [-0.15, -0.1) is 0 Å². The Kier molecular flexibility index (Phi) is 6.94. The Morgan fingerprint density at radius 3 is 2.48 bits per heavy atom. The van der Waals surface area contributed by atoms with Crippen LogP contribution < -0.4 is 4.74 Å². The average molecular weight is 410 g/mol. The summed E-state index contributed by atoms with van der Waals surface area (Å²) < 4.78 is 23.3. The minimum Gasteiger partial charge on any atom is -0.492 e. The van der Waals surface area contributed by atoms with Crippen LogP contribution in [0.1, 0.15) is 32.7 Å². The number of ether oxygens (including phenoxy) is 2. The molecule has 25 heavy (non-hydrogen) atoms. The first-order valence-electron chi connectivity index (χ1n) is 7.49. The summed E-state index contributed by atoms with van der Waals surface area (Å²) in [5, 5.41) is 9.10. The molecule has 0 saturated heterocycles. The van der Waals surface area contributed by atoms with Crippen LogP contribution in [0.5, 0.6) is 5.75 Å². The van der Waals surface area contributed by atoms with Crippen molar-refractivity contribution in [1.82, 2.24) is 0 Å². The quantitative estimate of drug-likeness (QED) is 0.521. The molecular weight excluding hydrogens is 394 g/mol. The van der Waals surface area contributed by atoms with Crippen LogP contribution in [0.25, 0.3) is 0 Å². The van der Waals surface area contributed by atoms with Gasteiger partial charge in [0.25, 0.3) is 0 Å². The molecule has 0 aliphatic carbocycles. The molecule has 0 saturated carbocycles. The van der Waals surface area contributed by atoms with Crippen molar-refractivity contribution in [3.8, 4) is 5.75 Å². The summed E-state index contributed by atoms with van der Waals surface area (Å²) >= 11 is 3.34. The highest BCUT2D eigenvalue weighted by Crippen LogP contribution is 2.26. The molecular formula is C18H16BrFO5. The van der Waals surface area contributed by atoms with E-state index >= 15 is 0 Å². The van der Waals surface area contributed by atoms with Gasteiger partial charge in [0.2, 0.25) is 0 Å². The fourth-order valence-corrected chi connectivity index (χ4v) is 2.60.